The highest BCUT2D eigenvalue weighted by Crippen LogP contribution is 2.27. The minimum atomic E-state index is -2.81. The van der Waals surface area contributed by atoms with Crippen LogP contribution in [0.25, 0.3) is 0 Å². The van der Waals surface area contributed by atoms with E-state index in [0.29, 0.717) is 5.75 Å². The Labute approximate surface area is 92.1 Å². The van der Waals surface area contributed by atoms with Crippen molar-refractivity contribution in [1.29, 1.82) is 0 Å². The third kappa shape index (κ3) is 2.82. The first-order valence-corrected chi connectivity index (χ1v) is 5.10. The number of halogens is 2. The van der Waals surface area contributed by atoms with Crippen LogP contribution in [0.3, 0.4) is 0 Å². The topological polar surface area (TPSA) is 44.5 Å². The van der Waals surface area contributed by atoms with Gasteiger partial charge < -0.3 is 15.2 Å². The van der Waals surface area contributed by atoms with Gasteiger partial charge in [0, 0.05) is 12.1 Å². The number of ether oxygens (including phenoxy) is 2. The van der Waals surface area contributed by atoms with Crippen molar-refractivity contribution in [2.24, 2.45) is 5.73 Å². The van der Waals surface area contributed by atoms with E-state index in [9.17, 15) is 8.78 Å². The van der Waals surface area contributed by atoms with Crippen molar-refractivity contribution in [1.82, 2.24) is 0 Å². The Hall–Kier alpha value is -1.36. The van der Waals surface area contributed by atoms with Crippen LogP contribution in [-0.4, -0.2) is 18.8 Å². The van der Waals surface area contributed by atoms with Crippen LogP contribution in [-0.2, 0) is 0 Å². The lowest BCUT2D eigenvalue weighted by molar-refractivity contribution is -0.0500. The fraction of sp³-hybridized carbons (Fsp3) is 0.455. The van der Waals surface area contributed by atoms with E-state index >= 15 is 0 Å². The van der Waals surface area contributed by atoms with E-state index in [4.69, 9.17) is 10.5 Å². The summed E-state index contributed by atoms with van der Waals surface area (Å²) in [5.41, 5.74) is 5.61. The van der Waals surface area contributed by atoms with Gasteiger partial charge in [-0.2, -0.15) is 8.78 Å². The minimum Gasteiger partial charge on any atom is -0.490 e. The molecule has 0 saturated heterocycles. The first-order valence-electron chi connectivity index (χ1n) is 5.10. The third-order valence-electron chi connectivity index (χ3n) is 2.46. The maximum absolute atomic E-state index is 12.0. The standard InChI is InChI=1S/C11H13F2NO2/c12-11(13)16-9-3-1-2-8(6-9)15-10-4-7(14)5-10/h1-3,6-7,10-11H,4-5,14H2. The minimum absolute atomic E-state index is 0.0943. The highest BCUT2D eigenvalue weighted by atomic mass is 19.3. The molecule has 88 valence electrons. The first-order chi connectivity index (χ1) is 7.63. The lowest BCUT2D eigenvalue weighted by atomic mass is 9.90. The molecular weight excluding hydrogens is 216 g/mol. The molecule has 2 rings (SSSR count). The van der Waals surface area contributed by atoms with Crippen LogP contribution in [0.4, 0.5) is 8.78 Å². The maximum Gasteiger partial charge on any atom is 0.387 e. The van der Waals surface area contributed by atoms with Gasteiger partial charge in [-0.3, -0.25) is 0 Å². The number of hydrogen-bond donors (Lipinski definition) is 1. The third-order valence-corrected chi connectivity index (χ3v) is 2.46. The van der Waals surface area contributed by atoms with Gasteiger partial charge in [0.2, 0.25) is 0 Å². The summed E-state index contributed by atoms with van der Waals surface area (Å²) in [6.45, 7) is -2.81. The number of alkyl halides is 2. The SMILES string of the molecule is NC1CC(Oc2cccc(OC(F)F)c2)C1. The Bertz CT molecular complexity index is 354. The Balaban J connectivity index is 1.93. The lowest BCUT2D eigenvalue weighted by Crippen LogP contribution is -2.43. The zero-order valence-electron chi connectivity index (χ0n) is 8.61. The van der Waals surface area contributed by atoms with Crippen LogP contribution in [0.1, 0.15) is 12.8 Å². The Kier molecular flexibility index (Phi) is 3.24. The van der Waals surface area contributed by atoms with Crippen LogP contribution < -0.4 is 15.2 Å². The van der Waals surface area contributed by atoms with Crippen molar-refractivity contribution in [2.45, 2.75) is 31.6 Å². The predicted molar refractivity (Wildman–Crippen MR) is 54.7 cm³/mol. The van der Waals surface area contributed by atoms with E-state index in [1.807, 2.05) is 0 Å². The predicted octanol–water partition coefficient (Wildman–Crippen LogP) is 2.16. The highest BCUT2D eigenvalue weighted by Gasteiger charge is 2.27. The molecule has 16 heavy (non-hydrogen) atoms. The number of hydrogen-bond acceptors (Lipinski definition) is 3. The van der Waals surface area contributed by atoms with E-state index in [1.54, 1.807) is 12.1 Å². The molecule has 0 heterocycles. The van der Waals surface area contributed by atoms with Gasteiger partial charge in [0.05, 0.1) is 0 Å². The van der Waals surface area contributed by atoms with Crippen LogP contribution in [0.2, 0.25) is 0 Å². The fourth-order valence-corrected chi connectivity index (χ4v) is 1.62. The van der Waals surface area contributed by atoms with Crippen molar-refractivity contribution < 1.29 is 18.3 Å². The Morgan fingerprint density at radius 1 is 1.25 bits per heavy atom. The normalized spacial score (nSPS) is 24.0. The van der Waals surface area contributed by atoms with Gasteiger partial charge in [-0.05, 0) is 25.0 Å². The molecular formula is C11H13F2NO2. The molecule has 1 aliphatic rings. The average molecular weight is 229 g/mol. The molecule has 0 amide bonds. The van der Waals surface area contributed by atoms with Gasteiger partial charge in [0.15, 0.2) is 0 Å². The van der Waals surface area contributed by atoms with Crippen LogP contribution in [0, 0.1) is 0 Å². The van der Waals surface area contributed by atoms with Gasteiger partial charge in [-0.15, -0.1) is 0 Å². The average Bonchev–Trinajstić information content (AvgIpc) is 2.15. The quantitative estimate of drug-likeness (QED) is 0.860. The van der Waals surface area contributed by atoms with Crippen molar-refractivity contribution in [3.63, 3.8) is 0 Å². The second kappa shape index (κ2) is 4.65. The van der Waals surface area contributed by atoms with Crippen molar-refractivity contribution in [3.8, 4) is 11.5 Å². The summed E-state index contributed by atoms with van der Waals surface area (Å²) in [5.74, 6) is 0.645. The molecule has 1 fully saturated rings. The first kappa shape index (κ1) is 11.1. The second-order valence-corrected chi connectivity index (χ2v) is 3.82. The maximum atomic E-state index is 12.0. The van der Waals surface area contributed by atoms with Gasteiger partial charge in [0.1, 0.15) is 17.6 Å². The van der Waals surface area contributed by atoms with Gasteiger partial charge in [-0.1, -0.05) is 6.07 Å². The fourth-order valence-electron chi connectivity index (χ4n) is 1.62. The molecule has 5 heteroatoms. The zero-order valence-corrected chi connectivity index (χ0v) is 8.61. The van der Waals surface area contributed by atoms with Crippen LogP contribution in [0.15, 0.2) is 24.3 Å². The van der Waals surface area contributed by atoms with Gasteiger partial charge in [0.25, 0.3) is 0 Å². The highest BCUT2D eigenvalue weighted by molar-refractivity contribution is 5.33. The number of benzene rings is 1. The van der Waals surface area contributed by atoms with E-state index in [2.05, 4.69) is 4.74 Å². The Morgan fingerprint density at radius 3 is 2.56 bits per heavy atom. The summed E-state index contributed by atoms with van der Waals surface area (Å²) in [5, 5.41) is 0. The van der Waals surface area contributed by atoms with E-state index < -0.39 is 6.61 Å². The van der Waals surface area contributed by atoms with E-state index in [-0.39, 0.29) is 17.9 Å². The summed E-state index contributed by atoms with van der Waals surface area (Å²) < 4.78 is 33.7. The molecule has 1 saturated carbocycles. The molecule has 1 aromatic rings. The van der Waals surface area contributed by atoms with Crippen LogP contribution >= 0.6 is 0 Å². The molecule has 0 aliphatic heterocycles. The molecule has 0 spiro atoms. The molecule has 0 unspecified atom stereocenters. The molecule has 0 radical (unpaired) electrons. The molecule has 0 aromatic heterocycles. The van der Waals surface area contributed by atoms with E-state index in [1.165, 1.54) is 12.1 Å². The second-order valence-electron chi connectivity index (χ2n) is 3.82. The summed E-state index contributed by atoms with van der Waals surface area (Å²) >= 11 is 0. The van der Waals surface area contributed by atoms with Crippen molar-refractivity contribution in [3.05, 3.63) is 24.3 Å². The number of nitrogens with two attached hydrogens (primary N) is 1. The summed E-state index contributed by atoms with van der Waals surface area (Å²) in [7, 11) is 0. The van der Waals surface area contributed by atoms with E-state index in [0.717, 1.165) is 12.8 Å². The van der Waals surface area contributed by atoms with Crippen molar-refractivity contribution >= 4 is 0 Å². The molecule has 3 nitrogen and oxygen atoms in total. The summed E-state index contributed by atoms with van der Waals surface area (Å²) in [4.78, 5) is 0. The zero-order chi connectivity index (χ0) is 11.5. The largest absolute Gasteiger partial charge is 0.490 e. The summed E-state index contributed by atoms with van der Waals surface area (Å²) in [6, 6.07) is 6.44. The molecule has 0 atom stereocenters. The smallest absolute Gasteiger partial charge is 0.387 e. The molecule has 2 N–H and O–H groups in total. The van der Waals surface area contributed by atoms with Crippen LogP contribution in [0.5, 0.6) is 11.5 Å². The molecule has 1 aromatic carbocycles. The summed E-state index contributed by atoms with van der Waals surface area (Å²) in [6.07, 6.45) is 1.71. The molecule has 0 bridgehead atoms. The Morgan fingerprint density at radius 2 is 1.94 bits per heavy atom. The molecule has 1 aliphatic carbocycles. The van der Waals surface area contributed by atoms with Gasteiger partial charge in [-0.25, -0.2) is 0 Å². The monoisotopic (exact) mass is 229 g/mol. The number of rotatable bonds is 4. The lowest BCUT2D eigenvalue weighted by Gasteiger charge is -2.32. The van der Waals surface area contributed by atoms with Crippen molar-refractivity contribution in [2.75, 3.05) is 0 Å². The van der Waals surface area contributed by atoms with Gasteiger partial charge >= 0.3 is 6.61 Å².